The Morgan fingerprint density at radius 1 is 1.52 bits per heavy atom. The number of carbonyl (C=O) groups is 4. The number of carboxylic acids is 1. The number of nitrogens with zero attached hydrogens (tertiary/aromatic N) is 3. The highest BCUT2D eigenvalue weighted by atomic mass is 32.2. The number of fused-ring (bicyclic) bond motifs is 1. The number of β-lactam (4-membered cyclic amide) rings is 1. The number of amides is 3. The number of aliphatic hydroxyl groups is 1. The Bertz CT molecular complexity index is 928. The van der Waals surface area contributed by atoms with Crippen molar-refractivity contribution in [2.24, 2.45) is 5.16 Å². The fraction of sp³-hybridized carbons (Fsp3) is 0.333. The van der Waals surface area contributed by atoms with Gasteiger partial charge in [0.15, 0.2) is 10.8 Å². The molecule has 3 heterocycles. The molecule has 0 radical (unpaired) electrons. The van der Waals surface area contributed by atoms with Gasteiger partial charge in [0, 0.05) is 11.1 Å². The second kappa shape index (κ2) is 8.59. The minimum atomic E-state index is -1.32. The second-order valence-electron chi connectivity index (χ2n) is 5.70. The maximum absolute atomic E-state index is 12.7. The van der Waals surface area contributed by atoms with E-state index in [4.69, 9.17) is 0 Å². The highest BCUT2D eigenvalue weighted by molar-refractivity contribution is 8.00. The number of thiazole rings is 1. The number of aromatic nitrogens is 1. The number of aliphatic carboxylic acids is 1. The van der Waals surface area contributed by atoms with Crippen LogP contribution < -0.4 is 10.6 Å². The Kier molecular flexibility index (Phi) is 6.14. The lowest BCUT2D eigenvalue weighted by atomic mass is 10.0. The van der Waals surface area contributed by atoms with Gasteiger partial charge in [0.05, 0.1) is 6.61 Å². The summed E-state index contributed by atoms with van der Waals surface area (Å²) in [5, 5.41) is 28.3. The van der Waals surface area contributed by atoms with E-state index in [0.29, 0.717) is 6.41 Å². The molecule has 0 bridgehead atoms. The maximum atomic E-state index is 12.7. The summed E-state index contributed by atoms with van der Waals surface area (Å²) in [7, 11) is 1.23. The molecule has 2 atom stereocenters. The number of carboxylic acid groups (broad SMARTS) is 1. The standard InChI is InChI=1S/C15H15N5O7S2/c1-27-19-8(7-4-29-15(17-7)16-5-22)11(23)18-9-12(24)20-10(14(25)26)6(2-21)3-28-13(9)20/h4-5,9,13,21H,2-3H2,1H3,(H,18,23)(H,25,26)(H,16,17,22)/b19-8-/t9-,13-/m1/s1. The van der Waals surface area contributed by atoms with Crippen LogP contribution in [0.2, 0.25) is 0 Å². The van der Waals surface area contributed by atoms with Gasteiger partial charge in [-0.1, -0.05) is 5.16 Å². The molecule has 0 saturated carbocycles. The Morgan fingerprint density at radius 2 is 2.28 bits per heavy atom. The van der Waals surface area contributed by atoms with Crippen LogP contribution in [0.5, 0.6) is 0 Å². The minimum absolute atomic E-state index is 0.132. The number of rotatable bonds is 8. The van der Waals surface area contributed by atoms with Gasteiger partial charge in [-0.15, -0.1) is 23.1 Å². The van der Waals surface area contributed by atoms with E-state index < -0.39 is 35.8 Å². The first kappa shape index (κ1) is 20.8. The summed E-state index contributed by atoms with van der Waals surface area (Å²) in [5.41, 5.74) is -0.107. The monoisotopic (exact) mass is 441 g/mol. The third-order valence-electron chi connectivity index (χ3n) is 4.05. The zero-order valence-electron chi connectivity index (χ0n) is 14.8. The molecule has 12 nitrogen and oxygen atoms in total. The van der Waals surface area contributed by atoms with Gasteiger partial charge in [0.25, 0.3) is 11.8 Å². The minimum Gasteiger partial charge on any atom is -0.477 e. The molecule has 0 aromatic carbocycles. The highest BCUT2D eigenvalue weighted by Gasteiger charge is 2.54. The fourth-order valence-electron chi connectivity index (χ4n) is 2.81. The summed E-state index contributed by atoms with van der Waals surface area (Å²) in [5.74, 6) is -2.47. The van der Waals surface area contributed by atoms with Crippen molar-refractivity contribution in [3.8, 4) is 0 Å². The molecule has 3 rings (SSSR count). The van der Waals surface area contributed by atoms with E-state index in [1.807, 2.05) is 0 Å². The molecular weight excluding hydrogens is 426 g/mol. The molecule has 0 spiro atoms. The average Bonchev–Trinajstić information content (AvgIpc) is 3.17. The van der Waals surface area contributed by atoms with Crippen LogP contribution in [0.1, 0.15) is 5.69 Å². The van der Waals surface area contributed by atoms with Crippen LogP contribution >= 0.6 is 23.1 Å². The van der Waals surface area contributed by atoms with Crippen LogP contribution in [0.4, 0.5) is 5.13 Å². The van der Waals surface area contributed by atoms with E-state index in [1.165, 1.54) is 24.3 Å². The van der Waals surface area contributed by atoms with Crippen LogP contribution in [0.25, 0.3) is 0 Å². The molecular formula is C15H15N5O7S2. The van der Waals surface area contributed by atoms with Crippen LogP contribution in [0.15, 0.2) is 21.8 Å². The van der Waals surface area contributed by atoms with E-state index in [2.05, 4.69) is 25.6 Å². The molecule has 1 aromatic rings. The fourth-order valence-corrected chi connectivity index (χ4v) is 4.80. The number of thioether (sulfide) groups is 1. The van der Waals surface area contributed by atoms with Gasteiger partial charge in [-0.2, -0.15) is 0 Å². The maximum Gasteiger partial charge on any atom is 0.352 e. The smallest absolute Gasteiger partial charge is 0.352 e. The molecule has 2 aliphatic rings. The highest BCUT2D eigenvalue weighted by Crippen LogP contribution is 2.40. The third kappa shape index (κ3) is 3.81. The van der Waals surface area contributed by atoms with Crippen LogP contribution in [-0.2, 0) is 24.0 Å². The van der Waals surface area contributed by atoms with Crippen molar-refractivity contribution in [2.45, 2.75) is 11.4 Å². The normalized spacial score (nSPS) is 21.2. The second-order valence-corrected chi connectivity index (χ2v) is 7.66. The number of aliphatic hydroxyl groups excluding tert-OH is 1. The van der Waals surface area contributed by atoms with Crippen LogP contribution in [-0.4, -0.2) is 80.9 Å². The van der Waals surface area contributed by atoms with Crippen molar-refractivity contribution < 1.29 is 34.2 Å². The Balaban J connectivity index is 1.77. The SMILES string of the molecule is CO/N=C(\C(=O)N[C@@H]1C(=O)N2C(C(=O)O)=C(CO)CS[C@H]12)c1csc(NC=O)n1. The quantitative estimate of drug-likeness (QED) is 0.167. The molecule has 4 N–H and O–H groups in total. The Morgan fingerprint density at radius 3 is 2.90 bits per heavy atom. The summed E-state index contributed by atoms with van der Waals surface area (Å²) in [6.07, 6.45) is 0.436. The molecule has 14 heteroatoms. The molecule has 29 heavy (non-hydrogen) atoms. The molecule has 1 fully saturated rings. The average molecular weight is 441 g/mol. The van der Waals surface area contributed by atoms with Crippen LogP contribution in [0.3, 0.4) is 0 Å². The largest absolute Gasteiger partial charge is 0.477 e. The van der Waals surface area contributed by atoms with Crippen molar-refractivity contribution in [1.29, 1.82) is 0 Å². The summed E-state index contributed by atoms with van der Waals surface area (Å²) in [6, 6.07) is -0.977. The summed E-state index contributed by atoms with van der Waals surface area (Å²) in [4.78, 5) is 56.9. The van der Waals surface area contributed by atoms with Crippen LogP contribution in [0, 0.1) is 0 Å². The third-order valence-corrected chi connectivity index (χ3v) is 6.17. The van der Waals surface area contributed by atoms with E-state index in [9.17, 15) is 29.4 Å². The van der Waals surface area contributed by atoms with Gasteiger partial charge < -0.3 is 25.7 Å². The predicted octanol–water partition coefficient (Wildman–Crippen LogP) is -1.21. The summed E-state index contributed by atoms with van der Waals surface area (Å²) < 4.78 is 0. The number of hydrogen-bond donors (Lipinski definition) is 4. The van der Waals surface area contributed by atoms with Crippen molar-refractivity contribution in [1.82, 2.24) is 15.2 Å². The Labute approximate surface area is 171 Å². The summed E-state index contributed by atoms with van der Waals surface area (Å²) in [6.45, 7) is -0.478. The first-order valence-electron chi connectivity index (χ1n) is 8.01. The number of anilines is 1. The molecule has 2 aliphatic heterocycles. The lowest BCUT2D eigenvalue weighted by Gasteiger charge is -2.49. The van der Waals surface area contributed by atoms with Gasteiger partial charge in [-0.05, 0) is 5.57 Å². The molecule has 0 aliphatic carbocycles. The van der Waals surface area contributed by atoms with E-state index in [1.54, 1.807) is 0 Å². The lowest BCUT2D eigenvalue weighted by molar-refractivity contribution is -0.150. The van der Waals surface area contributed by atoms with E-state index in [-0.39, 0.29) is 33.6 Å². The predicted molar refractivity (Wildman–Crippen MR) is 102 cm³/mol. The Hall–Kier alpha value is -2.97. The van der Waals surface area contributed by atoms with E-state index in [0.717, 1.165) is 16.2 Å². The topological polar surface area (TPSA) is 171 Å². The van der Waals surface area contributed by atoms with Gasteiger partial charge in [-0.3, -0.25) is 19.3 Å². The molecule has 1 saturated heterocycles. The van der Waals surface area contributed by atoms with Crippen molar-refractivity contribution in [3.05, 3.63) is 22.3 Å². The molecule has 0 unspecified atom stereocenters. The summed E-state index contributed by atoms with van der Waals surface area (Å²) >= 11 is 2.29. The molecule has 1 aromatic heterocycles. The lowest BCUT2D eigenvalue weighted by Crippen LogP contribution is -2.71. The first-order chi connectivity index (χ1) is 13.9. The molecule has 3 amide bonds. The van der Waals surface area contributed by atoms with E-state index >= 15 is 0 Å². The zero-order chi connectivity index (χ0) is 21.1. The zero-order valence-corrected chi connectivity index (χ0v) is 16.5. The van der Waals surface area contributed by atoms with Gasteiger partial charge in [-0.25, -0.2) is 9.78 Å². The van der Waals surface area contributed by atoms with Crippen molar-refractivity contribution in [3.63, 3.8) is 0 Å². The number of nitrogens with one attached hydrogen (secondary N) is 2. The number of oxime groups is 1. The molecule has 154 valence electrons. The van der Waals surface area contributed by atoms with Gasteiger partial charge in [0.1, 0.15) is 29.9 Å². The number of carbonyl (C=O) groups excluding carboxylic acids is 3. The van der Waals surface area contributed by atoms with Gasteiger partial charge >= 0.3 is 5.97 Å². The van der Waals surface area contributed by atoms with Crippen molar-refractivity contribution in [2.75, 3.05) is 24.8 Å². The van der Waals surface area contributed by atoms with Crippen molar-refractivity contribution >= 4 is 58.1 Å². The van der Waals surface area contributed by atoms with Gasteiger partial charge in [0.2, 0.25) is 6.41 Å². The number of hydrogen-bond acceptors (Lipinski definition) is 10. The first-order valence-corrected chi connectivity index (χ1v) is 9.94.